The molecule has 22 heavy (non-hydrogen) atoms. The van der Waals surface area contributed by atoms with Gasteiger partial charge in [0.15, 0.2) is 0 Å². The molecule has 1 amide bonds. The van der Waals surface area contributed by atoms with Crippen LogP contribution in [0.3, 0.4) is 0 Å². The summed E-state index contributed by atoms with van der Waals surface area (Å²) in [4.78, 5) is 12.7. The van der Waals surface area contributed by atoms with Gasteiger partial charge in [0.25, 0.3) is 0 Å². The van der Waals surface area contributed by atoms with Crippen molar-refractivity contribution in [2.75, 3.05) is 13.1 Å². The Balaban J connectivity index is 2.23. The van der Waals surface area contributed by atoms with Gasteiger partial charge in [0.1, 0.15) is 5.75 Å². The molecule has 4 nitrogen and oxygen atoms in total. The second kappa shape index (κ2) is 7.03. The number of hydrogen-bond donors (Lipinski definition) is 1. The molecule has 122 valence electrons. The summed E-state index contributed by atoms with van der Waals surface area (Å²) in [7, 11) is 0. The van der Waals surface area contributed by atoms with Gasteiger partial charge in [0.2, 0.25) is 0 Å². The van der Waals surface area contributed by atoms with Crippen molar-refractivity contribution in [1.82, 2.24) is 4.90 Å². The summed E-state index contributed by atoms with van der Waals surface area (Å²) in [5.41, 5.74) is 1.37. The molecular formula is C18H27NO3. The van der Waals surface area contributed by atoms with Crippen LogP contribution in [0.2, 0.25) is 0 Å². The number of nitrogens with zero attached hydrogens (tertiary/aromatic N) is 1. The lowest BCUT2D eigenvalue weighted by Gasteiger charge is -2.41. The molecule has 0 unspecified atom stereocenters. The molecule has 1 aliphatic rings. The van der Waals surface area contributed by atoms with Gasteiger partial charge < -0.3 is 14.7 Å². The van der Waals surface area contributed by atoms with Gasteiger partial charge >= 0.3 is 6.09 Å². The first-order chi connectivity index (χ1) is 10.5. The number of piperidine rings is 1. The second-order valence-electron chi connectivity index (χ2n) is 6.49. The summed E-state index contributed by atoms with van der Waals surface area (Å²) in [5.74, 6) is 0.906. The van der Waals surface area contributed by atoms with Crippen LogP contribution < -0.4 is 4.74 Å². The zero-order valence-electron chi connectivity index (χ0n) is 13.8. The van der Waals surface area contributed by atoms with E-state index in [1.54, 1.807) is 0 Å². The number of ether oxygens (including phenoxy) is 1. The van der Waals surface area contributed by atoms with Crippen molar-refractivity contribution in [1.29, 1.82) is 0 Å². The SMILES string of the molecule is CCCC1(c2cccc(OC(C)C)c2)CCN(C(=O)O)CC1. The van der Waals surface area contributed by atoms with Crippen molar-refractivity contribution in [2.24, 2.45) is 0 Å². The van der Waals surface area contributed by atoms with Gasteiger partial charge in [-0.1, -0.05) is 25.5 Å². The van der Waals surface area contributed by atoms with Gasteiger partial charge in [-0.25, -0.2) is 4.79 Å². The topological polar surface area (TPSA) is 49.8 Å². The maximum absolute atomic E-state index is 11.1. The Labute approximate surface area is 133 Å². The molecule has 0 spiro atoms. The normalized spacial score (nSPS) is 17.5. The Morgan fingerprint density at radius 2 is 2.05 bits per heavy atom. The minimum absolute atomic E-state index is 0.0804. The Kier molecular flexibility index (Phi) is 5.33. The molecule has 0 aliphatic carbocycles. The second-order valence-corrected chi connectivity index (χ2v) is 6.49. The molecular weight excluding hydrogens is 278 g/mol. The Morgan fingerprint density at radius 1 is 1.36 bits per heavy atom. The number of likely N-dealkylation sites (tertiary alicyclic amines) is 1. The minimum atomic E-state index is -0.804. The number of rotatable bonds is 5. The van der Waals surface area contributed by atoms with Crippen LogP contribution in [0.4, 0.5) is 4.79 Å². The molecule has 1 saturated heterocycles. The lowest BCUT2D eigenvalue weighted by molar-refractivity contribution is 0.113. The Morgan fingerprint density at radius 3 is 2.59 bits per heavy atom. The zero-order valence-corrected chi connectivity index (χ0v) is 13.8. The van der Waals surface area contributed by atoms with Gasteiger partial charge in [-0.2, -0.15) is 0 Å². The third-order valence-corrected chi connectivity index (χ3v) is 4.54. The van der Waals surface area contributed by atoms with Crippen LogP contribution in [0.25, 0.3) is 0 Å². The fourth-order valence-corrected chi connectivity index (χ4v) is 3.46. The van der Waals surface area contributed by atoms with Gasteiger partial charge in [-0.05, 0) is 56.2 Å². The molecule has 2 rings (SSSR count). The maximum Gasteiger partial charge on any atom is 0.407 e. The predicted octanol–water partition coefficient (Wildman–Crippen LogP) is 4.29. The third-order valence-electron chi connectivity index (χ3n) is 4.54. The van der Waals surface area contributed by atoms with E-state index in [0.29, 0.717) is 13.1 Å². The van der Waals surface area contributed by atoms with E-state index in [4.69, 9.17) is 9.84 Å². The number of carbonyl (C=O) groups is 1. The number of carboxylic acid groups (broad SMARTS) is 1. The van der Waals surface area contributed by atoms with Crippen LogP contribution in [0.5, 0.6) is 5.75 Å². The molecule has 0 radical (unpaired) electrons. The van der Waals surface area contributed by atoms with Gasteiger partial charge in [0, 0.05) is 13.1 Å². The van der Waals surface area contributed by atoms with E-state index in [2.05, 4.69) is 19.1 Å². The summed E-state index contributed by atoms with van der Waals surface area (Å²) >= 11 is 0. The molecule has 1 aliphatic heterocycles. The lowest BCUT2D eigenvalue weighted by Crippen LogP contribution is -2.44. The van der Waals surface area contributed by atoms with Crippen molar-refractivity contribution in [3.8, 4) is 5.75 Å². The number of hydrogen-bond acceptors (Lipinski definition) is 2. The highest BCUT2D eigenvalue weighted by Gasteiger charge is 2.36. The molecule has 1 aromatic carbocycles. The quantitative estimate of drug-likeness (QED) is 0.883. The smallest absolute Gasteiger partial charge is 0.407 e. The largest absolute Gasteiger partial charge is 0.491 e. The van der Waals surface area contributed by atoms with Crippen molar-refractivity contribution >= 4 is 6.09 Å². The van der Waals surface area contributed by atoms with Crippen LogP contribution in [-0.2, 0) is 5.41 Å². The molecule has 0 atom stereocenters. The van der Waals surface area contributed by atoms with Crippen LogP contribution in [0, 0.1) is 0 Å². The highest BCUT2D eigenvalue weighted by atomic mass is 16.5. The predicted molar refractivity (Wildman–Crippen MR) is 87.6 cm³/mol. The maximum atomic E-state index is 11.1. The van der Waals surface area contributed by atoms with Gasteiger partial charge in [-0.3, -0.25) is 0 Å². The van der Waals surface area contributed by atoms with E-state index in [1.807, 2.05) is 26.0 Å². The van der Waals surface area contributed by atoms with Crippen molar-refractivity contribution in [3.63, 3.8) is 0 Å². The third kappa shape index (κ3) is 3.73. The average Bonchev–Trinajstić information content (AvgIpc) is 2.47. The van der Waals surface area contributed by atoms with Crippen molar-refractivity contribution < 1.29 is 14.6 Å². The summed E-state index contributed by atoms with van der Waals surface area (Å²) in [6.45, 7) is 7.48. The average molecular weight is 305 g/mol. The fraction of sp³-hybridized carbons (Fsp3) is 0.611. The molecule has 1 N–H and O–H groups in total. The Hall–Kier alpha value is -1.71. The minimum Gasteiger partial charge on any atom is -0.491 e. The van der Waals surface area contributed by atoms with Crippen molar-refractivity contribution in [3.05, 3.63) is 29.8 Å². The van der Waals surface area contributed by atoms with Crippen LogP contribution in [0.15, 0.2) is 24.3 Å². The van der Waals surface area contributed by atoms with Gasteiger partial charge in [0.05, 0.1) is 6.10 Å². The van der Waals surface area contributed by atoms with Gasteiger partial charge in [-0.15, -0.1) is 0 Å². The highest BCUT2D eigenvalue weighted by Crippen LogP contribution is 2.40. The summed E-state index contributed by atoms with van der Waals surface area (Å²) < 4.78 is 5.82. The summed E-state index contributed by atoms with van der Waals surface area (Å²) in [6, 6.07) is 8.36. The van der Waals surface area contributed by atoms with Crippen molar-refractivity contribution in [2.45, 2.75) is 58.0 Å². The standard InChI is InChI=1S/C18H27NO3/c1-4-8-18(9-11-19(12-10-18)17(20)21)15-6-5-7-16(13-15)22-14(2)3/h5-7,13-14H,4,8-12H2,1-3H3,(H,20,21). The van der Waals surface area contributed by atoms with E-state index in [9.17, 15) is 4.79 Å². The van der Waals surface area contributed by atoms with E-state index >= 15 is 0 Å². The first-order valence-corrected chi connectivity index (χ1v) is 8.22. The number of benzene rings is 1. The van der Waals surface area contributed by atoms with Crippen LogP contribution in [-0.4, -0.2) is 35.3 Å². The Bertz CT molecular complexity index is 505. The van der Waals surface area contributed by atoms with E-state index < -0.39 is 6.09 Å². The molecule has 0 saturated carbocycles. The molecule has 0 aromatic heterocycles. The fourth-order valence-electron chi connectivity index (χ4n) is 3.46. The number of amides is 1. The van der Waals surface area contributed by atoms with E-state index in [-0.39, 0.29) is 11.5 Å². The highest BCUT2D eigenvalue weighted by molar-refractivity contribution is 5.65. The molecule has 1 aromatic rings. The molecule has 0 bridgehead atoms. The lowest BCUT2D eigenvalue weighted by atomic mass is 9.70. The summed E-state index contributed by atoms with van der Waals surface area (Å²) in [5, 5.41) is 9.16. The molecule has 1 fully saturated rings. The monoisotopic (exact) mass is 305 g/mol. The first kappa shape index (κ1) is 16.7. The van der Waals surface area contributed by atoms with E-state index in [1.165, 1.54) is 10.5 Å². The zero-order chi connectivity index (χ0) is 16.2. The van der Waals surface area contributed by atoms with E-state index in [0.717, 1.165) is 31.4 Å². The van der Waals surface area contributed by atoms with Crippen LogP contribution >= 0.6 is 0 Å². The van der Waals surface area contributed by atoms with Crippen LogP contribution in [0.1, 0.15) is 52.0 Å². The summed E-state index contributed by atoms with van der Waals surface area (Å²) in [6.07, 6.45) is 3.32. The molecule has 1 heterocycles. The first-order valence-electron chi connectivity index (χ1n) is 8.22. The molecule has 4 heteroatoms.